The second-order valence-corrected chi connectivity index (χ2v) is 6.67. The van der Waals surface area contributed by atoms with Crippen molar-refractivity contribution in [1.29, 1.82) is 0 Å². The van der Waals surface area contributed by atoms with Gasteiger partial charge in [-0.1, -0.05) is 54.9 Å². The molecule has 2 amide bonds. The molecule has 0 aliphatic rings. The number of amides is 2. The largest absolute Gasteiger partial charge is 0.343 e. The molecule has 144 valence electrons. The Morgan fingerprint density at radius 3 is 2.54 bits per heavy atom. The molecule has 28 heavy (non-hydrogen) atoms. The fraction of sp³-hybridized carbons (Fsp3) is 0.190. The van der Waals surface area contributed by atoms with Gasteiger partial charge in [-0.3, -0.25) is 14.3 Å². The number of nitrogens with zero attached hydrogens (tertiary/aromatic N) is 2. The third-order valence-electron chi connectivity index (χ3n) is 4.27. The molecule has 3 rings (SSSR count). The fourth-order valence-corrected chi connectivity index (χ4v) is 2.97. The van der Waals surface area contributed by atoms with Crippen LogP contribution in [-0.4, -0.2) is 28.1 Å². The Balaban J connectivity index is 1.54. The highest BCUT2D eigenvalue weighted by Crippen LogP contribution is 2.16. The number of hydrogen-bond donors (Lipinski definition) is 2. The minimum absolute atomic E-state index is 0.118. The predicted molar refractivity (Wildman–Crippen MR) is 110 cm³/mol. The number of aryl methyl sites for hydroxylation is 1. The number of aromatic nitrogens is 2. The van der Waals surface area contributed by atoms with Crippen LogP contribution in [0.1, 0.15) is 28.4 Å². The smallest absolute Gasteiger partial charge is 0.254 e. The second kappa shape index (κ2) is 9.19. The fourth-order valence-electron chi connectivity index (χ4n) is 2.78. The van der Waals surface area contributed by atoms with E-state index in [2.05, 4.69) is 15.7 Å². The molecule has 0 aliphatic heterocycles. The lowest BCUT2D eigenvalue weighted by atomic mass is 10.1. The van der Waals surface area contributed by atoms with E-state index < -0.39 is 0 Å². The predicted octanol–water partition coefficient (Wildman–Crippen LogP) is 3.52. The van der Waals surface area contributed by atoms with Crippen molar-refractivity contribution in [2.45, 2.75) is 19.9 Å². The third kappa shape index (κ3) is 4.98. The van der Waals surface area contributed by atoms with Crippen LogP contribution in [0.3, 0.4) is 0 Å². The van der Waals surface area contributed by atoms with Gasteiger partial charge in [0.1, 0.15) is 0 Å². The number of carbonyl (C=O) groups is 2. The first-order chi connectivity index (χ1) is 13.6. The summed E-state index contributed by atoms with van der Waals surface area (Å²) in [6.45, 7) is 2.36. The number of halogens is 1. The lowest BCUT2D eigenvalue weighted by Crippen LogP contribution is -2.32. The second-order valence-electron chi connectivity index (χ2n) is 6.26. The summed E-state index contributed by atoms with van der Waals surface area (Å²) in [6.07, 6.45) is 3.91. The van der Waals surface area contributed by atoms with E-state index in [0.29, 0.717) is 17.1 Å². The Bertz CT molecular complexity index is 984. The van der Waals surface area contributed by atoms with Gasteiger partial charge in [-0.25, -0.2) is 0 Å². The van der Waals surface area contributed by atoms with Crippen molar-refractivity contribution in [3.63, 3.8) is 0 Å². The molecule has 0 unspecified atom stereocenters. The van der Waals surface area contributed by atoms with Crippen molar-refractivity contribution in [1.82, 2.24) is 15.1 Å². The molecule has 0 saturated carbocycles. The van der Waals surface area contributed by atoms with Gasteiger partial charge in [0.2, 0.25) is 5.91 Å². The van der Waals surface area contributed by atoms with Gasteiger partial charge in [-0.15, -0.1) is 0 Å². The lowest BCUT2D eigenvalue weighted by molar-refractivity contribution is -0.115. The van der Waals surface area contributed by atoms with Crippen LogP contribution in [-0.2, 0) is 17.8 Å². The summed E-state index contributed by atoms with van der Waals surface area (Å²) in [5.74, 6) is -0.637. The van der Waals surface area contributed by atoms with E-state index in [1.807, 2.05) is 55.5 Å². The van der Waals surface area contributed by atoms with Crippen LogP contribution in [0.2, 0.25) is 5.02 Å². The van der Waals surface area contributed by atoms with Gasteiger partial charge >= 0.3 is 0 Å². The van der Waals surface area contributed by atoms with Crippen molar-refractivity contribution >= 4 is 29.1 Å². The standard InChI is InChI=1S/C21H21ClN4O2/c1-2-15-7-4-6-10-19(15)25-20(27)12-23-21(28)17-11-24-26(14-17)13-16-8-3-5-9-18(16)22/h3-11,14H,2,12-13H2,1H3,(H,23,28)(H,25,27). The highest BCUT2D eigenvalue weighted by atomic mass is 35.5. The number of para-hydroxylation sites is 1. The normalized spacial score (nSPS) is 10.5. The first kappa shape index (κ1) is 19.6. The van der Waals surface area contributed by atoms with Gasteiger partial charge in [-0.2, -0.15) is 5.10 Å². The summed E-state index contributed by atoms with van der Waals surface area (Å²) in [7, 11) is 0. The summed E-state index contributed by atoms with van der Waals surface area (Å²) in [4.78, 5) is 24.4. The first-order valence-corrected chi connectivity index (χ1v) is 9.36. The Kier molecular flexibility index (Phi) is 6.45. The van der Waals surface area contributed by atoms with Crippen LogP contribution in [0, 0.1) is 0 Å². The molecule has 0 aliphatic carbocycles. The van der Waals surface area contributed by atoms with Crippen LogP contribution in [0.15, 0.2) is 60.9 Å². The van der Waals surface area contributed by atoms with Crippen LogP contribution in [0.5, 0.6) is 0 Å². The summed E-state index contributed by atoms with van der Waals surface area (Å²) in [6, 6.07) is 15.1. The summed E-state index contributed by atoms with van der Waals surface area (Å²) in [5.41, 5.74) is 3.10. The molecule has 0 bridgehead atoms. The van der Waals surface area contributed by atoms with Crippen molar-refractivity contribution < 1.29 is 9.59 Å². The quantitative estimate of drug-likeness (QED) is 0.641. The molecule has 2 N–H and O–H groups in total. The molecular formula is C21H21ClN4O2. The summed E-state index contributed by atoms with van der Waals surface area (Å²) >= 11 is 6.15. The van der Waals surface area contributed by atoms with Crippen LogP contribution in [0.25, 0.3) is 0 Å². The Morgan fingerprint density at radius 2 is 1.79 bits per heavy atom. The molecule has 7 heteroatoms. The van der Waals surface area contributed by atoms with Crippen molar-refractivity contribution in [2.75, 3.05) is 11.9 Å². The molecule has 3 aromatic rings. The monoisotopic (exact) mass is 396 g/mol. The number of anilines is 1. The number of nitrogens with one attached hydrogen (secondary N) is 2. The minimum atomic E-state index is -0.357. The van der Waals surface area contributed by atoms with Gasteiger partial charge in [0.15, 0.2) is 0 Å². The molecule has 0 saturated heterocycles. The van der Waals surface area contributed by atoms with Crippen LogP contribution < -0.4 is 10.6 Å². The highest BCUT2D eigenvalue weighted by molar-refractivity contribution is 6.31. The van der Waals surface area contributed by atoms with Gasteiger partial charge in [-0.05, 0) is 29.7 Å². The molecular weight excluding hydrogens is 376 g/mol. The van der Waals surface area contributed by atoms with Crippen LogP contribution >= 0.6 is 11.6 Å². The van der Waals surface area contributed by atoms with E-state index >= 15 is 0 Å². The minimum Gasteiger partial charge on any atom is -0.343 e. The van der Waals surface area contributed by atoms with E-state index in [1.54, 1.807) is 10.9 Å². The van der Waals surface area contributed by atoms with E-state index in [9.17, 15) is 9.59 Å². The van der Waals surface area contributed by atoms with Gasteiger partial charge < -0.3 is 10.6 Å². The zero-order valence-electron chi connectivity index (χ0n) is 15.5. The zero-order chi connectivity index (χ0) is 19.9. The van der Waals surface area contributed by atoms with Gasteiger partial charge in [0, 0.05) is 16.9 Å². The number of hydrogen-bond acceptors (Lipinski definition) is 3. The molecule has 1 heterocycles. The van der Waals surface area contributed by atoms with Crippen molar-refractivity contribution in [3.8, 4) is 0 Å². The van der Waals surface area contributed by atoms with Gasteiger partial charge in [0.05, 0.1) is 24.8 Å². The average molecular weight is 397 g/mol. The summed E-state index contributed by atoms with van der Waals surface area (Å²) in [5, 5.41) is 10.3. The van der Waals surface area contributed by atoms with E-state index in [1.165, 1.54) is 6.20 Å². The maximum atomic E-state index is 12.3. The SMILES string of the molecule is CCc1ccccc1NC(=O)CNC(=O)c1cnn(Cc2ccccc2Cl)c1. The van der Waals surface area contributed by atoms with Crippen molar-refractivity contribution in [2.24, 2.45) is 0 Å². The first-order valence-electron chi connectivity index (χ1n) is 8.98. The molecule has 2 aromatic carbocycles. The lowest BCUT2D eigenvalue weighted by Gasteiger charge is -2.10. The molecule has 0 fully saturated rings. The zero-order valence-corrected chi connectivity index (χ0v) is 16.2. The molecule has 0 radical (unpaired) electrons. The van der Waals surface area contributed by atoms with Crippen molar-refractivity contribution in [3.05, 3.63) is 82.6 Å². The number of carbonyl (C=O) groups excluding carboxylic acids is 2. The topological polar surface area (TPSA) is 76.0 Å². The molecule has 6 nitrogen and oxygen atoms in total. The van der Waals surface area contributed by atoms with Crippen LogP contribution in [0.4, 0.5) is 5.69 Å². The van der Waals surface area contributed by atoms with E-state index in [4.69, 9.17) is 11.6 Å². The number of benzene rings is 2. The Hall–Kier alpha value is -3.12. The molecule has 1 aromatic heterocycles. The summed E-state index contributed by atoms with van der Waals surface area (Å²) < 4.78 is 1.63. The number of rotatable bonds is 7. The molecule has 0 atom stereocenters. The van der Waals surface area contributed by atoms with E-state index in [0.717, 1.165) is 23.2 Å². The molecule has 0 spiro atoms. The Labute approximate surface area is 168 Å². The maximum absolute atomic E-state index is 12.3. The average Bonchev–Trinajstić information content (AvgIpc) is 3.17. The Morgan fingerprint density at radius 1 is 1.07 bits per heavy atom. The maximum Gasteiger partial charge on any atom is 0.254 e. The third-order valence-corrected chi connectivity index (χ3v) is 4.64. The highest BCUT2D eigenvalue weighted by Gasteiger charge is 2.12. The van der Waals surface area contributed by atoms with Gasteiger partial charge in [0.25, 0.3) is 5.91 Å². The van der Waals surface area contributed by atoms with E-state index in [-0.39, 0.29) is 18.4 Å².